The molecule has 9 heavy (non-hydrogen) atoms. The number of carbonyl (C=O) groups is 1. The van der Waals surface area contributed by atoms with Crippen LogP contribution >= 0.6 is 0 Å². The highest BCUT2D eigenvalue weighted by Gasteiger charge is 2.03. The van der Waals surface area contributed by atoms with E-state index in [-0.39, 0.29) is 5.57 Å². The van der Waals surface area contributed by atoms with Gasteiger partial charge in [0.15, 0.2) is 0 Å². The van der Waals surface area contributed by atoms with Gasteiger partial charge in [-0.3, -0.25) is 0 Å². The van der Waals surface area contributed by atoms with E-state index >= 15 is 0 Å². The lowest BCUT2D eigenvalue weighted by molar-refractivity contribution is -0.136. The first-order valence-corrected chi connectivity index (χ1v) is 2.26. The van der Waals surface area contributed by atoms with E-state index in [0.29, 0.717) is 0 Å². The Hall–Kier alpha value is -1.12. The first-order chi connectivity index (χ1) is 4.04. The molecule has 0 atom stereocenters. The van der Waals surface area contributed by atoms with Crippen molar-refractivity contribution < 1.29 is 13.9 Å². The largest absolute Gasteiger partial charge is 0.396 e. The predicted octanol–water partition coefficient (Wildman–Crippen LogP) is 1.55. The van der Waals surface area contributed by atoms with Gasteiger partial charge < -0.3 is 4.74 Å². The van der Waals surface area contributed by atoms with Gasteiger partial charge in [-0.15, -0.1) is 0 Å². The summed E-state index contributed by atoms with van der Waals surface area (Å²) in [4.78, 5) is 10.3. The van der Waals surface area contributed by atoms with Crippen LogP contribution in [0.2, 0.25) is 0 Å². The molecule has 0 saturated carbocycles. The molecule has 3 heteroatoms. The third-order valence-electron chi connectivity index (χ3n) is 0.552. The van der Waals surface area contributed by atoms with Crippen molar-refractivity contribution in [2.45, 2.75) is 6.92 Å². The number of hydrogen-bond acceptors (Lipinski definition) is 2. The molecule has 0 aromatic carbocycles. The van der Waals surface area contributed by atoms with Crippen LogP contribution in [0.5, 0.6) is 0 Å². The fourth-order valence-electron chi connectivity index (χ4n) is 0.188. The van der Waals surface area contributed by atoms with Gasteiger partial charge in [0.2, 0.25) is 0 Å². The average molecular weight is 130 g/mol. The van der Waals surface area contributed by atoms with Crippen molar-refractivity contribution in [2.75, 3.05) is 0 Å². The molecule has 0 radical (unpaired) electrons. The molecule has 0 aliphatic carbocycles. The van der Waals surface area contributed by atoms with Crippen LogP contribution in [0, 0.1) is 0 Å². The third kappa shape index (κ3) is 3.46. The Labute approximate surface area is 52.6 Å². The summed E-state index contributed by atoms with van der Waals surface area (Å²) in [5, 5.41) is 0. The minimum Gasteiger partial charge on any atom is -0.396 e. The molecule has 0 heterocycles. The zero-order valence-corrected chi connectivity index (χ0v) is 5.11. The van der Waals surface area contributed by atoms with Gasteiger partial charge in [-0.1, -0.05) is 6.58 Å². The van der Waals surface area contributed by atoms with E-state index in [9.17, 15) is 9.18 Å². The van der Waals surface area contributed by atoms with Crippen LogP contribution in [0.25, 0.3) is 0 Å². The highest BCUT2D eigenvalue weighted by Crippen LogP contribution is 1.99. The standard InChI is InChI=1S/C6H7FO2/c1-4(2)6(8)9-5(3)7/h1,3H2,2H3. The van der Waals surface area contributed by atoms with Crippen LogP contribution in [-0.4, -0.2) is 5.97 Å². The predicted molar refractivity (Wildman–Crippen MR) is 31.2 cm³/mol. The summed E-state index contributed by atoms with van der Waals surface area (Å²) in [6.07, 6.45) is 0. The van der Waals surface area contributed by atoms with E-state index in [1.807, 2.05) is 0 Å². The molecule has 0 aliphatic rings. The average Bonchev–Trinajstić information content (AvgIpc) is 1.63. The van der Waals surface area contributed by atoms with Crippen LogP contribution in [0.1, 0.15) is 6.92 Å². The van der Waals surface area contributed by atoms with E-state index in [2.05, 4.69) is 17.9 Å². The fourth-order valence-corrected chi connectivity index (χ4v) is 0.188. The smallest absolute Gasteiger partial charge is 0.340 e. The van der Waals surface area contributed by atoms with Crippen LogP contribution in [0.3, 0.4) is 0 Å². The summed E-state index contributed by atoms with van der Waals surface area (Å²) >= 11 is 0. The second-order valence-corrected chi connectivity index (χ2v) is 1.52. The van der Waals surface area contributed by atoms with Crippen molar-refractivity contribution in [3.8, 4) is 0 Å². The SMILES string of the molecule is C=C(F)OC(=O)C(=C)C. The number of ether oxygens (including phenoxy) is 1. The lowest BCUT2D eigenvalue weighted by atomic mass is 10.4. The van der Waals surface area contributed by atoms with Gasteiger partial charge in [0.25, 0.3) is 6.01 Å². The van der Waals surface area contributed by atoms with E-state index in [0.717, 1.165) is 0 Å². The molecule has 0 rings (SSSR count). The van der Waals surface area contributed by atoms with Gasteiger partial charge in [0.05, 0.1) is 0 Å². The Balaban J connectivity index is 3.79. The second kappa shape index (κ2) is 3.02. The molecule has 0 aromatic rings. The molecule has 0 saturated heterocycles. The molecule has 0 unspecified atom stereocenters. The van der Waals surface area contributed by atoms with Crippen LogP contribution < -0.4 is 0 Å². The fraction of sp³-hybridized carbons (Fsp3) is 0.167. The Kier molecular flexibility index (Phi) is 2.64. The van der Waals surface area contributed by atoms with E-state index < -0.39 is 12.0 Å². The lowest BCUT2D eigenvalue weighted by Crippen LogP contribution is -2.01. The number of rotatable bonds is 2. The van der Waals surface area contributed by atoms with Crippen molar-refractivity contribution in [1.29, 1.82) is 0 Å². The van der Waals surface area contributed by atoms with Crippen molar-refractivity contribution in [3.05, 3.63) is 24.7 Å². The molecular weight excluding hydrogens is 123 g/mol. The number of hydrogen-bond donors (Lipinski definition) is 0. The molecule has 0 spiro atoms. The lowest BCUT2D eigenvalue weighted by Gasteiger charge is -1.96. The molecule has 0 aromatic heterocycles. The van der Waals surface area contributed by atoms with Crippen molar-refractivity contribution in [1.82, 2.24) is 0 Å². The highest BCUT2D eigenvalue weighted by molar-refractivity contribution is 5.87. The molecule has 50 valence electrons. The van der Waals surface area contributed by atoms with E-state index in [4.69, 9.17) is 0 Å². The Morgan fingerprint density at radius 1 is 1.56 bits per heavy atom. The molecule has 0 amide bonds. The zero-order valence-electron chi connectivity index (χ0n) is 5.11. The Morgan fingerprint density at radius 3 is 2.11 bits per heavy atom. The van der Waals surface area contributed by atoms with Gasteiger partial charge in [-0.05, 0) is 13.5 Å². The van der Waals surface area contributed by atoms with E-state index in [1.54, 1.807) is 0 Å². The normalized spacial score (nSPS) is 8.22. The molecule has 0 aliphatic heterocycles. The van der Waals surface area contributed by atoms with Gasteiger partial charge in [0.1, 0.15) is 0 Å². The maximum Gasteiger partial charge on any atom is 0.340 e. The van der Waals surface area contributed by atoms with Gasteiger partial charge in [0, 0.05) is 5.57 Å². The highest BCUT2D eigenvalue weighted by atomic mass is 19.1. The minimum absolute atomic E-state index is 0.147. The van der Waals surface area contributed by atoms with Gasteiger partial charge in [-0.25, -0.2) is 4.79 Å². The second-order valence-electron chi connectivity index (χ2n) is 1.52. The van der Waals surface area contributed by atoms with Crippen LogP contribution in [-0.2, 0) is 9.53 Å². The molecule has 0 N–H and O–H groups in total. The molecular formula is C6H7FO2. The van der Waals surface area contributed by atoms with Crippen LogP contribution in [0.15, 0.2) is 24.7 Å². The maximum atomic E-state index is 11.6. The Morgan fingerprint density at radius 2 is 2.00 bits per heavy atom. The molecule has 2 nitrogen and oxygen atoms in total. The summed E-state index contributed by atoms with van der Waals surface area (Å²) in [7, 11) is 0. The number of esters is 1. The van der Waals surface area contributed by atoms with E-state index in [1.165, 1.54) is 6.92 Å². The third-order valence-corrected chi connectivity index (χ3v) is 0.552. The summed E-state index contributed by atoms with van der Waals surface area (Å²) in [6.45, 7) is 7.37. The summed E-state index contributed by atoms with van der Waals surface area (Å²) in [5.74, 6) is -0.789. The topological polar surface area (TPSA) is 26.3 Å². The van der Waals surface area contributed by atoms with Gasteiger partial charge in [-0.2, -0.15) is 4.39 Å². The minimum atomic E-state index is -1.11. The first-order valence-electron chi connectivity index (χ1n) is 2.26. The molecule has 0 fully saturated rings. The van der Waals surface area contributed by atoms with Crippen molar-refractivity contribution >= 4 is 5.97 Å². The Bertz CT molecular complexity index is 160. The maximum absolute atomic E-state index is 11.6. The van der Waals surface area contributed by atoms with Crippen LogP contribution in [0.4, 0.5) is 4.39 Å². The summed E-state index contributed by atoms with van der Waals surface area (Å²) in [5.41, 5.74) is 0.147. The first kappa shape index (κ1) is 7.88. The summed E-state index contributed by atoms with van der Waals surface area (Å²) in [6, 6.07) is -1.11. The van der Waals surface area contributed by atoms with Crippen molar-refractivity contribution in [3.63, 3.8) is 0 Å². The zero-order chi connectivity index (χ0) is 7.44. The number of carbonyl (C=O) groups excluding carboxylic acids is 1. The van der Waals surface area contributed by atoms with Crippen molar-refractivity contribution in [2.24, 2.45) is 0 Å². The molecule has 0 bridgehead atoms. The quantitative estimate of drug-likeness (QED) is 0.322. The van der Waals surface area contributed by atoms with Gasteiger partial charge >= 0.3 is 5.97 Å². The number of halogens is 1. The summed E-state index contributed by atoms with van der Waals surface area (Å²) < 4.78 is 15.5. The monoisotopic (exact) mass is 130 g/mol.